The van der Waals surface area contributed by atoms with E-state index in [1.807, 2.05) is 0 Å². The number of hydrogen-bond donors (Lipinski definition) is 1. The highest BCUT2D eigenvalue weighted by Gasteiger charge is 2.45. The summed E-state index contributed by atoms with van der Waals surface area (Å²) in [5.41, 5.74) is 0.699. The van der Waals surface area contributed by atoms with E-state index in [9.17, 15) is 0 Å². The second kappa shape index (κ2) is 5.75. The Bertz CT molecular complexity index is 149. The molecule has 1 fully saturated rings. The van der Waals surface area contributed by atoms with Crippen molar-refractivity contribution in [2.45, 2.75) is 71.8 Å². The minimum absolute atomic E-state index is 0.699. The van der Waals surface area contributed by atoms with Gasteiger partial charge in [0, 0.05) is 6.04 Å². The molecule has 0 amide bonds. The molecule has 0 aliphatic heterocycles. The molecule has 1 N–H and O–H groups in total. The Hall–Kier alpha value is -0.0400. The summed E-state index contributed by atoms with van der Waals surface area (Å²) in [6, 6.07) is 0.749. The van der Waals surface area contributed by atoms with Crippen LogP contribution in [0, 0.1) is 5.41 Å². The van der Waals surface area contributed by atoms with Gasteiger partial charge in [-0.05, 0) is 44.6 Å². The summed E-state index contributed by atoms with van der Waals surface area (Å²) in [6.45, 7) is 8.11. The largest absolute Gasteiger partial charge is 0.314 e. The fourth-order valence-electron chi connectivity index (χ4n) is 2.36. The zero-order valence-electron chi connectivity index (χ0n) is 10.2. The molecule has 1 unspecified atom stereocenters. The second-order valence-electron chi connectivity index (χ2n) is 5.00. The van der Waals surface area contributed by atoms with Crippen LogP contribution in [-0.2, 0) is 0 Å². The summed E-state index contributed by atoms with van der Waals surface area (Å²) < 4.78 is 0. The van der Waals surface area contributed by atoms with Crippen LogP contribution >= 0.6 is 0 Å². The van der Waals surface area contributed by atoms with Crippen LogP contribution in [0.15, 0.2) is 0 Å². The first-order valence-electron chi connectivity index (χ1n) is 6.48. The maximum atomic E-state index is 3.66. The molecule has 0 aromatic carbocycles. The molecule has 1 saturated carbocycles. The number of hydrogen-bond acceptors (Lipinski definition) is 1. The van der Waals surface area contributed by atoms with E-state index in [-0.39, 0.29) is 0 Å². The summed E-state index contributed by atoms with van der Waals surface area (Å²) >= 11 is 0. The molecule has 1 aliphatic carbocycles. The van der Waals surface area contributed by atoms with Gasteiger partial charge < -0.3 is 5.32 Å². The first-order chi connectivity index (χ1) is 6.75. The molecule has 1 rings (SSSR count). The van der Waals surface area contributed by atoms with Crippen LogP contribution in [0.4, 0.5) is 0 Å². The van der Waals surface area contributed by atoms with Crippen molar-refractivity contribution in [3.05, 3.63) is 0 Å². The van der Waals surface area contributed by atoms with Crippen LogP contribution in [0.5, 0.6) is 0 Å². The van der Waals surface area contributed by atoms with Gasteiger partial charge in [-0.1, -0.05) is 33.1 Å². The Morgan fingerprint density at radius 2 is 1.86 bits per heavy atom. The van der Waals surface area contributed by atoms with Crippen LogP contribution in [0.25, 0.3) is 0 Å². The fraction of sp³-hybridized carbons (Fsp3) is 1.00. The lowest BCUT2D eigenvalue weighted by molar-refractivity contribution is 0.320. The van der Waals surface area contributed by atoms with E-state index in [1.165, 1.54) is 51.5 Å². The molecule has 0 saturated heterocycles. The van der Waals surface area contributed by atoms with Crippen molar-refractivity contribution >= 4 is 0 Å². The Morgan fingerprint density at radius 1 is 1.14 bits per heavy atom. The first-order valence-corrected chi connectivity index (χ1v) is 6.48. The SMILES string of the molecule is CCCCCC1(C(C)NCCC)CC1. The highest BCUT2D eigenvalue weighted by molar-refractivity contribution is 4.99. The lowest BCUT2D eigenvalue weighted by Crippen LogP contribution is -2.35. The Morgan fingerprint density at radius 3 is 2.36 bits per heavy atom. The predicted octanol–water partition coefficient (Wildman–Crippen LogP) is 3.74. The van der Waals surface area contributed by atoms with Crippen molar-refractivity contribution in [2.24, 2.45) is 5.41 Å². The first kappa shape index (κ1) is 12.0. The van der Waals surface area contributed by atoms with E-state index >= 15 is 0 Å². The minimum Gasteiger partial charge on any atom is -0.314 e. The van der Waals surface area contributed by atoms with Crippen molar-refractivity contribution in [1.29, 1.82) is 0 Å². The molecule has 0 aromatic rings. The van der Waals surface area contributed by atoms with E-state index in [1.54, 1.807) is 0 Å². The van der Waals surface area contributed by atoms with E-state index in [4.69, 9.17) is 0 Å². The van der Waals surface area contributed by atoms with Gasteiger partial charge in [-0.25, -0.2) is 0 Å². The highest BCUT2D eigenvalue weighted by Crippen LogP contribution is 2.52. The molecule has 1 heteroatoms. The number of nitrogens with one attached hydrogen (secondary N) is 1. The number of rotatable bonds is 8. The molecule has 14 heavy (non-hydrogen) atoms. The average Bonchev–Trinajstić information content (AvgIpc) is 2.96. The topological polar surface area (TPSA) is 12.0 Å². The third-order valence-electron chi connectivity index (χ3n) is 3.79. The van der Waals surface area contributed by atoms with Crippen molar-refractivity contribution in [3.63, 3.8) is 0 Å². The molecular weight excluding hydrogens is 170 g/mol. The quantitative estimate of drug-likeness (QED) is 0.585. The normalized spacial score (nSPS) is 20.8. The summed E-state index contributed by atoms with van der Waals surface area (Å²) in [6.07, 6.45) is 9.86. The van der Waals surface area contributed by atoms with Crippen LogP contribution < -0.4 is 5.32 Å². The zero-order valence-corrected chi connectivity index (χ0v) is 10.2. The maximum Gasteiger partial charge on any atom is 0.00951 e. The van der Waals surface area contributed by atoms with Crippen molar-refractivity contribution in [2.75, 3.05) is 6.54 Å². The second-order valence-corrected chi connectivity index (χ2v) is 5.00. The minimum atomic E-state index is 0.699. The summed E-state index contributed by atoms with van der Waals surface area (Å²) in [5.74, 6) is 0. The monoisotopic (exact) mass is 197 g/mol. The molecule has 84 valence electrons. The molecule has 0 heterocycles. The Balaban J connectivity index is 2.19. The zero-order chi connectivity index (χ0) is 10.4. The van der Waals surface area contributed by atoms with E-state index in [0.717, 1.165) is 6.04 Å². The van der Waals surface area contributed by atoms with Gasteiger partial charge in [-0.15, -0.1) is 0 Å². The van der Waals surface area contributed by atoms with Gasteiger partial charge in [0.1, 0.15) is 0 Å². The molecule has 0 aromatic heterocycles. The molecule has 1 aliphatic rings. The molecule has 0 spiro atoms. The Labute approximate surface area is 89.7 Å². The summed E-state index contributed by atoms with van der Waals surface area (Å²) in [4.78, 5) is 0. The lowest BCUT2D eigenvalue weighted by atomic mass is 9.91. The van der Waals surface area contributed by atoms with Gasteiger partial charge in [0.25, 0.3) is 0 Å². The third-order valence-corrected chi connectivity index (χ3v) is 3.79. The Kier molecular flexibility index (Phi) is 4.94. The van der Waals surface area contributed by atoms with Crippen LogP contribution in [0.3, 0.4) is 0 Å². The van der Waals surface area contributed by atoms with Gasteiger partial charge in [0.2, 0.25) is 0 Å². The lowest BCUT2D eigenvalue weighted by Gasteiger charge is -2.24. The number of unbranched alkanes of at least 4 members (excludes halogenated alkanes) is 2. The average molecular weight is 197 g/mol. The van der Waals surface area contributed by atoms with E-state index < -0.39 is 0 Å². The third kappa shape index (κ3) is 3.27. The van der Waals surface area contributed by atoms with Gasteiger partial charge in [0.05, 0.1) is 0 Å². The summed E-state index contributed by atoms with van der Waals surface area (Å²) in [7, 11) is 0. The smallest absolute Gasteiger partial charge is 0.00951 e. The summed E-state index contributed by atoms with van der Waals surface area (Å²) in [5, 5.41) is 3.66. The molecule has 1 nitrogen and oxygen atoms in total. The van der Waals surface area contributed by atoms with Crippen LogP contribution in [0.2, 0.25) is 0 Å². The maximum absolute atomic E-state index is 3.66. The standard InChI is InChI=1S/C13H27N/c1-4-6-7-8-13(9-10-13)12(3)14-11-5-2/h12,14H,4-11H2,1-3H3. The van der Waals surface area contributed by atoms with Gasteiger partial charge in [-0.3, -0.25) is 0 Å². The molecule has 1 atom stereocenters. The molecule has 0 radical (unpaired) electrons. The van der Waals surface area contributed by atoms with Crippen LogP contribution in [0.1, 0.15) is 65.7 Å². The van der Waals surface area contributed by atoms with Crippen molar-refractivity contribution < 1.29 is 0 Å². The predicted molar refractivity (Wildman–Crippen MR) is 63.6 cm³/mol. The van der Waals surface area contributed by atoms with Crippen molar-refractivity contribution in [3.8, 4) is 0 Å². The van der Waals surface area contributed by atoms with Gasteiger partial charge in [-0.2, -0.15) is 0 Å². The van der Waals surface area contributed by atoms with E-state index in [0.29, 0.717) is 5.41 Å². The van der Waals surface area contributed by atoms with Gasteiger partial charge >= 0.3 is 0 Å². The highest BCUT2D eigenvalue weighted by atomic mass is 14.9. The van der Waals surface area contributed by atoms with E-state index in [2.05, 4.69) is 26.1 Å². The van der Waals surface area contributed by atoms with Crippen molar-refractivity contribution in [1.82, 2.24) is 5.32 Å². The molecule has 0 bridgehead atoms. The van der Waals surface area contributed by atoms with Crippen LogP contribution in [-0.4, -0.2) is 12.6 Å². The molecular formula is C13H27N. The fourth-order valence-corrected chi connectivity index (χ4v) is 2.36. The van der Waals surface area contributed by atoms with Gasteiger partial charge in [0.15, 0.2) is 0 Å².